The zero-order valence-corrected chi connectivity index (χ0v) is 13.9. The van der Waals surface area contributed by atoms with Gasteiger partial charge in [-0.25, -0.2) is 0 Å². The van der Waals surface area contributed by atoms with E-state index >= 15 is 0 Å². The average Bonchev–Trinajstić information content (AvgIpc) is 2.37. The average molecular weight is 325 g/mol. The van der Waals surface area contributed by atoms with Crippen LogP contribution >= 0.6 is 15.9 Å². The standard InChI is InChI=1S/C16H25BrN2/c1-4-18-12-13-5-6-14(17)11-15(13)19-9-7-16(2,3)8-10-19/h5-6,11,18H,4,7-10,12H2,1-3H3. The maximum atomic E-state index is 3.61. The lowest BCUT2D eigenvalue weighted by Crippen LogP contribution is -2.38. The summed E-state index contributed by atoms with van der Waals surface area (Å²) in [7, 11) is 0. The number of hydrogen-bond donors (Lipinski definition) is 1. The van der Waals surface area contributed by atoms with Crippen molar-refractivity contribution in [3.05, 3.63) is 28.2 Å². The Kier molecular flexibility index (Phi) is 4.91. The molecule has 0 unspecified atom stereocenters. The van der Waals surface area contributed by atoms with Gasteiger partial charge in [-0.3, -0.25) is 0 Å². The van der Waals surface area contributed by atoms with E-state index in [1.165, 1.54) is 41.7 Å². The van der Waals surface area contributed by atoms with Gasteiger partial charge in [0.05, 0.1) is 0 Å². The summed E-state index contributed by atoms with van der Waals surface area (Å²) in [5, 5.41) is 3.44. The monoisotopic (exact) mass is 324 g/mol. The lowest BCUT2D eigenvalue weighted by Gasteiger charge is -2.39. The molecule has 0 aliphatic carbocycles. The fourth-order valence-electron chi connectivity index (χ4n) is 2.59. The van der Waals surface area contributed by atoms with Crippen molar-refractivity contribution in [1.29, 1.82) is 0 Å². The summed E-state index contributed by atoms with van der Waals surface area (Å²) in [5.74, 6) is 0. The summed E-state index contributed by atoms with van der Waals surface area (Å²) in [6.07, 6.45) is 2.56. The molecule has 19 heavy (non-hydrogen) atoms. The van der Waals surface area contributed by atoms with Crippen molar-refractivity contribution in [3.8, 4) is 0 Å². The number of hydrogen-bond acceptors (Lipinski definition) is 2. The van der Waals surface area contributed by atoms with Gasteiger partial charge in [-0.2, -0.15) is 0 Å². The molecule has 1 aliphatic heterocycles. The molecular weight excluding hydrogens is 300 g/mol. The number of piperidine rings is 1. The van der Waals surface area contributed by atoms with Gasteiger partial charge >= 0.3 is 0 Å². The molecule has 2 nitrogen and oxygen atoms in total. The topological polar surface area (TPSA) is 15.3 Å². The first kappa shape index (κ1) is 14.9. The van der Waals surface area contributed by atoms with Crippen LogP contribution in [0.2, 0.25) is 0 Å². The number of anilines is 1. The zero-order valence-electron chi connectivity index (χ0n) is 12.3. The molecule has 1 saturated heterocycles. The quantitative estimate of drug-likeness (QED) is 0.893. The van der Waals surface area contributed by atoms with Crippen LogP contribution in [0.5, 0.6) is 0 Å². The molecule has 0 spiro atoms. The van der Waals surface area contributed by atoms with Crippen molar-refractivity contribution >= 4 is 21.6 Å². The Morgan fingerprint density at radius 1 is 1.26 bits per heavy atom. The second kappa shape index (κ2) is 6.27. The molecule has 1 N–H and O–H groups in total. The van der Waals surface area contributed by atoms with E-state index in [1.807, 2.05) is 0 Å². The van der Waals surface area contributed by atoms with Gasteiger partial charge in [-0.05, 0) is 42.5 Å². The zero-order chi connectivity index (χ0) is 13.9. The third-order valence-electron chi connectivity index (χ3n) is 4.07. The van der Waals surface area contributed by atoms with E-state index in [0.29, 0.717) is 5.41 Å². The van der Waals surface area contributed by atoms with E-state index in [4.69, 9.17) is 0 Å². The van der Waals surface area contributed by atoms with Crippen molar-refractivity contribution in [2.45, 2.75) is 40.2 Å². The van der Waals surface area contributed by atoms with Crippen molar-refractivity contribution in [3.63, 3.8) is 0 Å². The van der Waals surface area contributed by atoms with Gasteiger partial charge in [0.15, 0.2) is 0 Å². The summed E-state index contributed by atoms with van der Waals surface area (Å²) in [6.45, 7) is 11.2. The minimum atomic E-state index is 0.504. The van der Waals surface area contributed by atoms with Gasteiger partial charge in [-0.1, -0.05) is 42.8 Å². The highest BCUT2D eigenvalue weighted by molar-refractivity contribution is 9.10. The molecule has 1 heterocycles. The predicted molar refractivity (Wildman–Crippen MR) is 86.8 cm³/mol. The van der Waals surface area contributed by atoms with E-state index < -0.39 is 0 Å². The smallest absolute Gasteiger partial charge is 0.0423 e. The molecule has 0 atom stereocenters. The van der Waals surface area contributed by atoms with Crippen molar-refractivity contribution in [2.75, 3.05) is 24.5 Å². The number of nitrogens with one attached hydrogen (secondary N) is 1. The second-order valence-corrected chi connectivity index (χ2v) is 7.12. The molecule has 0 radical (unpaired) electrons. The summed E-state index contributed by atoms with van der Waals surface area (Å²) in [6, 6.07) is 6.65. The highest BCUT2D eigenvalue weighted by Gasteiger charge is 2.26. The number of benzene rings is 1. The predicted octanol–water partition coefficient (Wildman–Crippen LogP) is 4.19. The molecule has 1 aliphatic rings. The van der Waals surface area contributed by atoms with Crippen LogP contribution < -0.4 is 10.2 Å². The molecule has 1 aromatic carbocycles. The minimum Gasteiger partial charge on any atom is -0.371 e. The third kappa shape index (κ3) is 3.96. The van der Waals surface area contributed by atoms with E-state index in [2.05, 4.69) is 65.1 Å². The minimum absolute atomic E-state index is 0.504. The highest BCUT2D eigenvalue weighted by atomic mass is 79.9. The molecule has 2 rings (SSSR count). The molecular formula is C16H25BrN2. The fraction of sp³-hybridized carbons (Fsp3) is 0.625. The van der Waals surface area contributed by atoms with Crippen LogP contribution in [0.15, 0.2) is 22.7 Å². The first-order valence-corrected chi connectivity index (χ1v) is 8.05. The third-order valence-corrected chi connectivity index (χ3v) is 4.56. The Balaban J connectivity index is 2.16. The lowest BCUT2D eigenvalue weighted by atomic mass is 9.82. The first-order valence-electron chi connectivity index (χ1n) is 7.26. The molecule has 106 valence electrons. The van der Waals surface area contributed by atoms with Gasteiger partial charge in [0, 0.05) is 29.8 Å². The Bertz CT molecular complexity index is 419. The van der Waals surface area contributed by atoms with Crippen LogP contribution in [0, 0.1) is 5.41 Å². The number of rotatable bonds is 4. The van der Waals surface area contributed by atoms with Crippen LogP contribution in [0.4, 0.5) is 5.69 Å². The molecule has 0 bridgehead atoms. The molecule has 1 aromatic rings. The summed E-state index contributed by atoms with van der Waals surface area (Å²) in [5.41, 5.74) is 3.31. The van der Waals surface area contributed by atoms with E-state index in [9.17, 15) is 0 Å². The molecule has 0 saturated carbocycles. The van der Waals surface area contributed by atoms with Crippen LogP contribution in [0.25, 0.3) is 0 Å². The Morgan fingerprint density at radius 2 is 1.95 bits per heavy atom. The molecule has 0 aromatic heterocycles. The van der Waals surface area contributed by atoms with Crippen molar-refractivity contribution < 1.29 is 0 Å². The van der Waals surface area contributed by atoms with E-state index in [-0.39, 0.29) is 0 Å². The Labute approximate surface area is 125 Å². The van der Waals surface area contributed by atoms with Gasteiger partial charge in [0.2, 0.25) is 0 Å². The van der Waals surface area contributed by atoms with E-state index in [0.717, 1.165) is 13.1 Å². The van der Waals surface area contributed by atoms with Crippen molar-refractivity contribution in [2.24, 2.45) is 5.41 Å². The lowest BCUT2D eigenvalue weighted by molar-refractivity contribution is 0.279. The number of nitrogens with zero attached hydrogens (tertiary/aromatic N) is 1. The van der Waals surface area contributed by atoms with Crippen LogP contribution in [0.1, 0.15) is 39.2 Å². The second-order valence-electron chi connectivity index (χ2n) is 6.20. The van der Waals surface area contributed by atoms with Gasteiger partial charge < -0.3 is 10.2 Å². The largest absolute Gasteiger partial charge is 0.371 e. The molecule has 1 fully saturated rings. The van der Waals surface area contributed by atoms with Crippen LogP contribution in [-0.4, -0.2) is 19.6 Å². The maximum absolute atomic E-state index is 3.61. The van der Waals surface area contributed by atoms with Gasteiger partial charge in [0.25, 0.3) is 0 Å². The van der Waals surface area contributed by atoms with Crippen LogP contribution in [-0.2, 0) is 6.54 Å². The van der Waals surface area contributed by atoms with Crippen LogP contribution in [0.3, 0.4) is 0 Å². The maximum Gasteiger partial charge on any atom is 0.0423 e. The highest BCUT2D eigenvalue weighted by Crippen LogP contribution is 2.34. The molecule has 0 amide bonds. The summed E-state index contributed by atoms with van der Waals surface area (Å²) in [4.78, 5) is 2.54. The Morgan fingerprint density at radius 3 is 2.58 bits per heavy atom. The molecule has 3 heteroatoms. The van der Waals surface area contributed by atoms with Crippen molar-refractivity contribution in [1.82, 2.24) is 5.32 Å². The first-order chi connectivity index (χ1) is 9.02. The normalized spacial score (nSPS) is 18.6. The van der Waals surface area contributed by atoms with Gasteiger partial charge in [0.1, 0.15) is 0 Å². The van der Waals surface area contributed by atoms with E-state index in [1.54, 1.807) is 0 Å². The fourth-order valence-corrected chi connectivity index (χ4v) is 2.94. The van der Waals surface area contributed by atoms with Gasteiger partial charge in [-0.15, -0.1) is 0 Å². The summed E-state index contributed by atoms with van der Waals surface area (Å²) >= 11 is 3.61. The summed E-state index contributed by atoms with van der Waals surface area (Å²) < 4.78 is 1.17. The Hall–Kier alpha value is -0.540. The number of halogens is 1. The SMILES string of the molecule is CCNCc1ccc(Br)cc1N1CCC(C)(C)CC1.